The summed E-state index contributed by atoms with van der Waals surface area (Å²) in [5.74, 6) is -0.233. The number of benzene rings is 1. The Labute approximate surface area is 134 Å². The van der Waals surface area contributed by atoms with E-state index in [1.165, 1.54) is 0 Å². The molecule has 0 N–H and O–H groups in total. The number of ketones is 1. The maximum absolute atomic E-state index is 12.9. The highest BCUT2D eigenvalue weighted by atomic mass is 16.1. The largest absolute Gasteiger partial charge is 0.329 e. The Morgan fingerprint density at radius 3 is 2.57 bits per heavy atom. The van der Waals surface area contributed by atoms with Crippen LogP contribution < -0.4 is 5.43 Å². The van der Waals surface area contributed by atoms with Gasteiger partial charge in [0.15, 0.2) is 5.78 Å². The van der Waals surface area contributed by atoms with Gasteiger partial charge in [0, 0.05) is 24.0 Å². The van der Waals surface area contributed by atoms with E-state index in [1.807, 2.05) is 17.6 Å². The van der Waals surface area contributed by atoms with Crippen LogP contribution in [0.4, 0.5) is 0 Å². The summed E-state index contributed by atoms with van der Waals surface area (Å²) in [5.41, 5.74) is 1.84. The Bertz CT molecular complexity index is 927. The zero-order chi connectivity index (χ0) is 16.4. The molecule has 0 aliphatic rings. The first-order valence-corrected chi connectivity index (χ1v) is 7.73. The van der Waals surface area contributed by atoms with Gasteiger partial charge in [-0.3, -0.25) is 9.59 Å². The molecule has 0 aliphatic heterocycles. The van der Waals surface area contributed by atoms with Gasteiger partial charge in [-0.25, -0.2) is 4.98 Å². The second kappa shape index (κ2) is 6.16. The molecule has 3 aromatic rings. The summed E-state index contributed by atoms with van der Waals surface area (Å²) in [5, 5.41) is 0.492. The molecule has 2 heterocycles. The number of hydrogen-bond acceptors (Lipinski definition) is 3. The third kappa shape index (κ3) is 2.57. The van der Waals surface area contributed by atoms with E-state index in [2.05, 4.69) is 11.9 Å². The lowest BCUT2D eigenvalue weighted by Gasteiger charge is -2.16. The van der Waals surface area contributed by atoms with Crippen molar-refractivity contribution in [2.24, 2.45) is 0 Å². The molecule has 0 saturated heterocycles. The highest BCUT2D eigenvalue weighted by Crippen LogP contribution is 2.17. The Balaban J connectivity index is 2.33. The average molecular weight is 306 g/mol. The fourth-order valence-electron chi connectivity index (χ4n) is 2.88. The van der Waals surface area contributed by atoms with Crippen LogP contribution in [0.1, 0.15) is 35.0 Å². The highest BCUT2D eigenvalue weighted by Gasteiger charge is 2.21. The number of carbonyl (C=O) groups is 1. The first kappa shape index (κ1) is 15.2. The van der Waals surface area contributed by atoms with Crippen LogP contribution in [0, 0.1) is 6.92 Å². The van der Waals surface area contributed by atoms with Crippen molar-refractivity contribution in [3.63, 3.8) is 0 Å². The first-order valence-electron chi connectivity index (χ1n) is 7.73. The molecule has 2 aromatic heterocycles. The second-order valence-electron chi connectivity index (χ2n) is 5.51. The monoisotopic (exact) mass is 306 g/mol. The van der Waals surface area contributed by atoms with E-state index in [1.54, 1.807) is 42.6 Å². The number of hydrogen-bond donors (Lipinski definition) is 0. The smallest absolute Gasteiger partial charge is 0.202 e. The molecular formula is C19H18N2O2. The predicted octanol–water partition coefficient (Wildman–Crippen LogP) is 3.35. The zero-order valence-electron chi connectivity index (χ0n) is 13.2. The molecule has 116 valence electrons. The lowest BCUT2D eigenvalue weighted by Crippen LogP contribution is -2.24. The van der Waals surface area contributed by atoms with Crippen molar-refractivity contribution < 1.29 is 4.79 Å². The quantitative estimate of drug-likeness (QED) is 0.695. The predicted molar refractivity (Wildman–Crippen MR) is 90.9 cm³/mol. The highest BCUT2D eigenvalue weighted by molar-refractivity contribution is 6.10. The standard InChI is InChI=1S/C19H18N2O2/c1-3-12-21-13(2)16(17(22)14-8-5-4-6-9-14)18(23)15-10-7-11-20-19(15)21/h4-11H,3,12H2,1-2H3. The molecule has 0 radical (unpaired) electrons. The van der Waals surface area contributed by atoms with Gasteiger partial charge in [0.2, 0.25) is 5.43 Å². The van der Waals surface area contributed by atoms with Crippen molar-refractivity contribution in [3.8, 4) is 0 Å². The second-order valence-corrected chi connectivity index (χ2v) is 5.51. The maximum Gasteiger partial charge on any atom is 0.202 e. The molecule has 0 saturated carbocycles. The fraction of sp³-hybridized carbons (Fsp3) is 0.211. The van der Waals surface area contributed by atoms with E-state index in [0.29, 0.717) is 28.8 Å². The number of fused-ring (bicyclic) bond motifs is 1. The van der Waals surface area contributed by atoms with Gasteiger partial charge in [-0.05, 0) is 25.5 Å². The molecule has 4 nitrogen and oxygen atoms in total. The van der Waals surface area contributed by atoms with E-state index >= 15 is 0 Å². The lowest BCUT2D eigenvalue weighted by molar-refractivity contribution is 0.103. The molecule has 0 spiro atoms. The van der Waals surface area contributed by atoms with Gasteiger partial charge in [0.1, 0.15) is 5.65 Å². The molecule has 3 rings (SSSR count). The number of carbonyl (C=O) groups excluding carboxylic acids is 1. The third-order valence-electron chi connectivity index (χ3n) is 3.99. The number of pyridine rings is 2. The van der Waals surface area contributed by atoms with Gasteiger partial charge in [-0.2, -0.15) is 0 Å². The van der Waals surface area contributed by atoms with Crippen molar-refractivity contribution in [1.82, 2.24) is 9.55 Å². The molecule has 0 bridgehead atoms. The van der Waals surface area contributed by atoms with Gasteiger partial charge in [-0.15, -0.1) is 0 Å². The van der Waals surface area contributed by atoms with Crippen LogP contribution in [0.3, 0.4) is 0 Å². The summed E-state index contributed by atoms with van der Waals surface area (Å²) >= 11 is 0. The van der Waals surface area contributed by atoms with Crippen LogP contribution >= 0.6 is 0 Å². The molecule has 1 aromatic carbocycles. The van der Waals surface area contributed by atoms with Crippen molar-refractivity contribution in [2.75, 3.05) is 0 Å². The summed E-state index contributed by atoms with van der Waals surface area (Å²) in [4.78, 5) is 30.0. The van der Waals surface area contributed by atoms with Crippen molar-refractivity contribution in [3.05, 3.63) is 75.7 Å². The minimum absolute atomic E-state index is 0.233. The van der Waals surface area contributed by atoms with Gasteiger partial charge in [-0.1, -0.05) is 37.3 Å². The number of rotatable bonds is 4. The number of nitrogens with zero attached hydrogens (tertiary/aromatic N) is 2. The summed E-state index contributed by atoms with van der Waals surface area (Å²) in [6, 6.07) is 12.4. The minimum Gasteiger partial charge on any atom is -0.329 e. The van der Waals surface area contributed by atoms with Crippen molar-refractivity contribution in [2.45, 2.75) is 26.8 Å². The molecule has 4 heteroatoms. The van der Waals surface area contributed by atoms with E-state index in [0.717, 1.165) is 6.42 Å². The molecular weight excluding hydrogens is 288 g/mol. The molecule has 0 unspecified atom stereocenters. The molecule has 0 atom stereocenters. The zero-order valence-corrected chi connectivity index (χ0v) is 13.2. The Kier molecular flexibility index (Phi) is 4.06. The van der Waals surface area contributed by atoms with Gasteiger partial charge >= 0.3 is 0 Å². The van der Waals surface area contributed by atoms with Crippen LogP contribution in [-0.4, -0.2) is 15.3 Å². The van der Waals surface area contributed by atoms with Gasteiger partial charge in [0.05, 0.1) is 10.9 Å². The van der Waals surface area contributed by atoms with Crippen molar-refractivity contribution >= 4 is 16.8 Å². The Morgan fingerprint density at radius 2 is 1.87 bits per heavy atom. The van der Waals surface area contributed by atoms with E-state index in [4.69, 9.17) is 0 Å². The van der Waals surface area contributed by atoms with E-state index < -0.39 is 0 Å². The first-order chi connectivity index (χ1) is 11.1. The van der Waals surface area contributed by atoms with Crippen LogP contribution in [0.2, 0.25) is 0 Å². The summed E-state index contributed by atoms with van der Waals surface area (Å²) < 4.78 is 1.97. The maximum atomic E-state index is 12.9. The molecule has 0 amide bonds. The van der Waals surface area contributed by atoms with Crippen LogP contribution in [0.15, 0.2) is 53.5 Å². The van der Waals surface area contributed by atoms with Crippen LogP contribution in [0.25, 0.3) is 11.0 Å². The summed E-state index contributed by atoms with van der Waals surface area (Å²) in [6.07, 6.45) is 2.57. The third-order valence-corrected chi connectivity index (χ3v) is 3.99. The summed E-state index contributed by atoms with van der Waals surface area (Å²) in [7, 11) is 0. The van der Waals surface area contributed by atoms with Gasteiger partial charge < -0.3 is 4.57 Å². The summed E-state index contributed by atoms with van der Waals surface area (Å²) in [6.45, 7) is 4.60. The minimum atomic E-state index is -0.244. The van der Waals surface area contributed by atoms with Gasteiger partial charge in [0.25, 0.3) is 0 Å². The number of aryl methyl sites for hydroxylation is 1. The van der Waals surface area contributed by atoms with E-state index in [-0.39, 0.29) is 16.8 Å². The average Bonchev–Trinajstić information content (AvgIpc) is 2.59. The Hall–Kier alpha value is -2.75. The molecule has 23 heavy (non-hydrogen) atoms. The van der Waals surface area contributed by atoms with Crippen molar-refractivity contribution in [1.29, 1.82) is 0 Å². The topological polar surface area (TPSA) is 52.0 Å². The lowest BCUT2D eigenvalue weighted by atomic mass is 10.00. The SMILES string of the molecule is CCCn1c(C)c(C(=O)c2ccccc2)c(=O)c2cccnc21. The Morgan fingerprint density at radius 1 is 1.13 bits per heavy atom. The number of aromatic nitrogens is 2. The van der Waals surface area contributed by atoms with Crippen LogP contribution in [-0.2, 0) is 6.54 Å². The molecule has 0 fully saturated rings. The molecule has 0 aliphatic carbocycles. The normalized spacial score (nSPS) is 10.9. The van der Waals surface area contributed by atoms with Crippen LogP contribution in [0.5, 0.6) is 0 Å². The van der Waals surface area contributed by atoms with E-state index in [9.17, 15) is 9.59 Å². The fourth-order valence-corrected chi connectivity index (χ4v) is 2.88.